The van der Waals surface area contributed by atoms with Crippen molar-refractivity contribution in [3.63, 3.8) is 0 Å². The standard InChI is InChI=1S/C13H19BrO/c1-4-13(5-2,6-3)11-9-10(14)7-8-12(11)15/h7-9,15H,4-6H2,1-3H3. The highest BCUT2D eigenvalue weighted by molar-refractivity contribution is 9.10. The molecule has 1 aromatic rings. The maximum atomic E-state index is 9.94. The minimum absolute atomic E-state index is 0.119. The van der Waals surface area contributed by atoms with Gasteiger partial charge in [0.2, 0.25) is 0 Å². The predicted molar refractivity (Wildman–Crippen MR) is 68.4 cm³/mol. The summed E-state index contributed by atoms with van der Waals surface area (Å²) in [7, 11) is 0. The van der Waals surface area contributed by atoms with Crippen LogP contribution in [0.4, 0.5) is 0 Å². The van der Waals surface area contributed by atoms with Crippen molar-refractivity contribution in [1.29, 1.82) is 0 Å². The molecule has 0 saturated heterocycles. The second-order valence-corrected chi connectivity index (χ2v) is 4.92. The van der Waals surface area contributed by atoms with Gasteiger partial charge in [-0.15, -0.1) is 0 Å². The summed E-state index contributed by atoms with van der Waals surface area (Å²) < 4.78 is 1.04. The smallest absolute Gasteiger partial charge is 0.119 e. The van der Waals surface area contributed by atoms with Crippen molar-refractivity contribution in [2.24, 2.45) is 0 Å². The summed E-state index contributed by atoms with van der Waals surface area (Å²) in [4.78, 5) is 0. The molecule has 0 bridgehead atoms. The molecule has 1 N–H and O–H groups in total. The van der Waals surface area contributed by atoms with E-state index in [-0.39, 0.29) is 5.41 Å². The number of rotatable bonds is 4. The van der Waals surface area contributed by atoms with E-state index in [1.807, 2.05) is 12.1 Å². The van der Waals surface area contributed by atoms with Gasteiger partial charge in [-0.05, 0) is 42.9 Å². The summed E-state index contributed by atoms with van der Waals surface area (Å²) in [6.07, 6.45) is 3.18. The first kappa shape index (κ1) is 12.6. The van der Waals surface area contributed by atoms with Crippen LogP contribution >= 0.6 is 15.9 Å². The molecule has 84 valence electrons. The lowest BCUT2D eigenvalue weighted by Crippen LogP contribution is -2.23. The first-order valence-electron chi connectivity index (χ1n) is 5.58. The number of hydrogen-bond donors (Lipinski definition) is 1. The molecule has 0 saturated carbocycles. The molecular formula is C13H19BrO. The number of benzene rings is 1. The second-order valence-electron chi connectivity index (χ2n) is 4.00. The average Bonchev–Trinajstić information content (AvgIpc) is 2.26. The van der Waals surface area contributed by atoms with E-state index in [1.54, 1.807) is 6.07 Å². The van der Waals surface area contributed by atoms with Gasteiger partial charge in [0.15, 0.2) is 0 Å². The first-order chi connectivity index (χ1) is 7.09. The number of aromatic hydroxyl groups is 1. The van der Waals surface area contributed by atoms with Gasteiger partial charge >= 0.3 is 0 Å². The number of phenolic OH excluding ortho intramolecular Hbond substituents is 1. The van der Waals surface area contributed by atoms with Crippen molar-refractivity contribution < 1.29 is 5.11 Å². The lowest BCUT2D eigenvalue weighted by molar-refractivity contribution is 0.358. The van der Waals surface area contributed by atoms with Crippen LogP contribution in [0, 0.1) is 0 Å². The molecule has 1 rings (SSSR count). The molecule has 0 aliphatic carbocycles. The summed E-state index contributed by atoms with van der Waals surface area (Å²) in [5, 5.41) is 9.94. The molecule has 1 nitrogen and oxygen atoms in total. The van der Waals surface area contributed by atoms with E-state index in [2.05, 4.69) is 36.7 Å². The van der Waals surface area contributed by atoms with Gasteiger partial charge in [0, 0.05) is 10.0 Å². The molecule has 0 unspecified atom stereocenters. The summed E-state index contributed by atoms with van der Waals surface area (Å²) in [6.45, 7) is 6.56. The number of halogens is 1. The van der Waals surface area contributed by atoms with E-state index in [9.17, 15) is 5.11 Å². The van der Waals surface area contributed by atoms with E-state index in [1.165, 1.54) is 0 Å². The minimum atomic E-state index is 0.119. The Morgan fingerprint density at radius 2 is 1.67 bits per heavy atom. The Kier molecular flexibility index (Phi) is 4.21. The van der Waals surface area contributed by atoms with Gasteiger partial charge in [0.05, 0.1) is 0 Å². The first-order valence-corrected chi connectivity index (χ1v) is 6.38. The van der Waals surface area contributed by atoms with Crippen LogP contribution in [0.15, 0.2) is 22.7 Å². The summed E-state index contributed by atoms with van der Waals surface area (Å²) in [5.41, 5.74) is 1.19. The second kappa shape index (κ2) is 5.02. The van der Waals surface area contributed by atoms with Gasteiger partial charge in [-0.1, -0.05) is 36.7 Å². The lowest BCUT2D eigenvalue weighted by Gasteiger charge is -2.31. The van der Waals surface area contributed by atoms with Crippen LogP contribution in [0.3, 0.4) is 0 Å². The van der Waals surface area contributed by atoms with Crippen molar-refractivity contribution in [2.45, 2.75) is 45.4 Å². The summed E-state index contributed by atoms with van der Waals surface area (Å²) >= 11 is 3.47. The maximum absolute atomic E-state index is 9.94. The molecule has 15 heavy (non-hydrogen) atoms. The van der Waals surface area contributed by atoms with E-state index in [0.29, 0.717) is 5.75 Å². The van der Waals surface area contributed by atoms with E-state index in [0.717, 1.165) is 29.3 Å². The summed E-state index contributed by atoms with van der Waals surface area (Å²) in [6, 6.07) is 5.70. The Balaban J connectivity index is 3.27. The fourth-order valence-electron chi connectivity index (χ4n) is 2.25. The Hall–Kier alpha value is -0.500. The topological polar surface area (TPSA) is 20.2 Å². The van der Waals surface area contributed by atoms with Crippen LogP contribution in [0.1, 0.15) is 45.6 Å². The molecule has 0 amide bonds. The molecule has 0 aliphatic heterocycles. The fraction of sp³-hybridized carbons (Fsp3) is 0.538. The third-order valence-corrected chi connectivity index (χ3v) is 4.05. The zero-order valence-electron chi connectivity index (χ0n) is 9.68. The normalized spacial score (nSPS) is 11.7. The molecule has 2 heteroatoms. The van der Waals surface area contributed by atoms with Crippen LogP contribution in [0.25, 0.3) is 0 Å². The molecular weight excluding hydrogens is 252 g/mol. The Morgan fingerprint density at radius 3 is 2.13 bits per heavy atom. The highest BCUT2D eigenvalue weighted by atomic mass is 79.9. The van der Waals surface area contributed by atoms with Crippen molar-refractivity contribution in [1.82, 2.24) is 0 Å². The molecule has 0 heterocycles. The van der Waals surface area contributed by atoms with Crippen LogP contribution in [0.5, 0.6) is 5.75 Å². The van der Waals surface area contributed by atoms with E-state index in [4.69, 9.17) is 0 Å². The van der Waals surface area contributed by atoms with Crippen LogP contribution < -0.4 is 0 Å². The van der Waals surface area contributed by atoms with Gasteiger partial charge in [-0.2, -0.15) is 0 Å². The molecule has 0 aliphatic rings. The van der Waals surface area contributed by atoms with Gasteiger partial charge in [-0.3, -0.25) is 0 Å². The third-order valence-electron chi connectivity index (χ3n) is 3.56. The third kappa shape index (κ3) is 2.36. The van der Waals surface area contributed by atoms with Crippen LogP contribution in [0.2, 0.25) is 0 Å². The lowest BCUT2D eigenvalue weighted by atomic mass is 9.73. The molecule has 0 atom stereocenters. The quantitative estimate of drug-likeness (QED) is 0.847. The molecule has 1 aromatic carbocycles. The maximum Gasteiger partial charge on any atom is 0.119 e. The van der Waals surface area contributed by atoms with Crippen molar-refractivity contribution in [3.8, 4) is 5.75 Å². The Labute approximate surface area is 101 Å². The highest BCUT2D eigenvalue weighted by Crippen LogP contribution is 2.40. The predicted octanol–water partition coefficient (Wildman–Crippen LogP) is 4.62. The number of hydrogen-bond acceptors (Lipinski definition) is 1. The largest absolute Gasteiger partial charge is 0.508 e. The van der Waals surface area contributed by atoms with Crippen LogP contribution in [-0.2, 0) is 5.41 Å². The van der Waals surface area contributed by atoms with Crippen molar-refractivity contribution in [2.75, 3.05) is 0 Å². The fourth-order valence-corrected chi connectivity index (χ4v) is 2.62. The summed E-state index contributed by atoms with van der Waals surface area (Å²) in [5.74, 6) is 0.420. The zero-order chi connectivity index (χ0) is 11.5. The van der Waals surface area contributed by atoms with Gasteiger partial charge < -0.3 is 5.11 Å². The minimum Gasteiger partial charge on any atom is -0.508 e. The Bertz CT molecular complexity index is 321. The SMILES string of the molecule is CCC(CC)(CC)c1cc(Br)ccc1O. The van der Waals surface area contributed by atoms with Crippen molar-refractivity contribution >= 4 is 15.9 Å². The monoisotopic (exact) mass is 270 g/mol. The van der Waals surface area contributed by atoms with E-state index < -0.39 is 0 Å². The molecule has 0 radical (unpaired) electrons. The highest BCUT2D eigenvalue weighted by Gasteiger charge is 2.28. The van der Waals surface area contributed by atoms with Gasteiger partial charge in [0.1, 0.15) is 5.75 Å². The van der Waals surface area contributed by atoms with E-state index >= 15 is 0 Å². The van der Waals surface area contributed by atoms with Crippen molar-refractivity contribution in [3.05, 3.63) is 28.2 Å². The number of phenols is 1. The van der Waals surface area contributed by atoms with Gasteiger partial charge in [-0.25, -0.2) is 0 Å². The molecule has 0 aromatic heterocycles. The Morgan fingerprint density at radius 1 is 1.13 bits per heavy atom. The average molecular weight is 271 g/mol. The van der Waals surface area contributed by atoms with Gasteiger partial charge in [0.25, 0.3) is 0 Å². The molecule has 0 fully saturated rings. The zero-order valence-corrected chi connectivity index (χ0v) is 11.3. The molecule has 0 spiro atoms. The van der Waals surface area contributed by atoms with Crippen LogP contribution in [-0.4, -0.2) is 5.11 Å².